The van der Waals surface area contributed by atoms with Crippen LogP contribution in [0.1, 0.15) is 22.8 Å². The molecule has 0 aliphatic carbocycles. The second-order valence-electron chi connectivity index (χ2n) is 5.03. The first kappa shape index (κ1) is 14.9. The van der Waals surface area contributed by atoms with E-state index in [-0.39, 0.29) is 5.97 Å². The molecule has 1 aromatic heterocycles. The zero-order chi connectivity index (χ0) is 15.7. The van der Waals surface area contributed by atoms with E-state index >= 15 is 0 Å². The topological polar surface area (TPSA) is 39.4 Å². The van der Waals surface area contributed by atoms with Crippen molar-refractivity contribution in [1.82, 2.24) is 0 Å². The van der Waals surface area contributed by atoms with E-state index in [1.807, 2.05) is 49.4 Å². The molecule has 0 amide bonds. The number of aryl methyl sites for hydroxylation is 1. The molecule has 0 N–H and O–H groups in total. The number of hydrogen-bond donors (Lipinski definition) is 0. The van der Waals surface area contributed by atoms with Crippen molar-refractivity contribution < 1.29 is 13.9 Å². The minimum absolute atomic E-state index is 0.330. The molecular formula is C18H15BrO3. The van der Waals surface area contributed by atoms with Gasteiger partial charge in [0.15, 0.2) is 0 Å². The number of hydrogen-bond acceptors (Lipinski definition) is 3. The molecule has 112 valence electrons. The molecule has 0 radical (unpaired) electrons. The van der Waals surface area contributed by atoms with Gasteiger partial charge in [-0.3, -0.25) is 0 Å². The van der Waals surface area contributed by atoms with Crippen molar-refractivity contribution >= 4 is 32.9 Å². The van der Waals surface area contributed by atoms with E-state index in [0.29, 0.717) is 23.5 Å². The van der Waals surface area contributed by atoms with Gasteiger partial charge in [-0.25, -0.2) is 4.79 Å². The van der Waals surface area contributed by atoms with Crippen molar-refractivity contribution in [1.29, 1.82) is 0 Å². The SMILES string of the molecule is CCOC(=O)c1c(-c2ccc(Br)cc2)oc2ccc(C)cc12. The van der Waals surface area contributed by atoms with Crippen LogP contribution in [-0.2, 0) is 4.74 Å². The third-order valence-electron chi connectivity index (χ3n) is 3.43. The Kier molecular flexibility index (Phi) is 4.03. The van der Waals surface area contributed by atoms with Gasteiger partial charge in [-0.15, -0.1) is 0 Å². The normalized spacial score (nSPS) is 10.9. The van der Waals surface area contributed by atoms with Gasteiger partial charge in [0.1, 0.15) is 16.9 Å². The highest BCUT2D eigenvalue weighted by molar-refractivity contribution is 9.10. The minimum Gasteiger partial charge on any atom is -0.462 e. The molecule has 0 saturated heterocycles. The molecule has 0 aliphatic heterocycles. The summed E-state index contributed by atoms with van der Waals surface area (Å²) in [6, 6.07) is 13.5. The van der Waals surface area contributed by atoms with Crippen LogP contribution in [0.2, 0.25) is 0 Å². The zero-order valence-electron chi connectivity index (χ0n) is 12.4. The molecule has 0 spiro atoms. The molecule has 0 saturated carbocycles. The maximum absolute atomic E-state index is 12.4. The van der Waals surface area contributed by atoms with Gasteiger partial charge in [-0.2, -0.15) is 0 Å². The number of carbonyl (C=O) groups excluding carboxylic acids is 1. The Labute approximate surface area is 137 Å². The van der Waals surface area contributed by atoms with Crippen molar-refractivity contribution in [2.24, 2.45) is 0 Å². The fraction of sp³-hybridized carbons (Fsp3) is 0.167. The summed E-state index contributed by atoms with van der Waals surface area (Å²) in [6.45, 7) is 4.11. The molecule has 0 fully saturated rings. The highest BCUT2D eigenvalue weighted by Crippen LogP contribution is 2.35. The standard InChI is InChI=1S/C18H15BrO3/c1-3-21-18(20)16-14-10-11(2)4-9-15(14)22-17(16)12-5-7-13(19)8-6-12/h4-10H,3H2,1-2H3. The van der Waals surface area contributed by atoms with E-state index in [1.165, 1.54) is 0 Å². The van der Waals surface area contributed by atoms with Crippen molar-refractivity contribution in [2.75, 3.05) is 6.61 Å². The summed E-state index contributed by atoms with van der Waals surface area (Å²) in [5.41, 5.74) is 3.09. The third kappa shape index (κ3) is 2.66. The Morgan fingerprint density at radius 2 is 1.91 bits per heavy atom. The summed E-state index contributed by atoms with van der Waals surface area (Å²) in [4.78, 5) is 12.4. The molecule has 22 heavy (non-hydrogen) atoms. The van der Waals surface area contributed by atoms with Crippen LogP contribution in [0.15, 0.2) is 51.4 Å². The number of carbonyl (C=O) groups is 1. The van der Waals surface area contributed by atoms with Gasteiger partial charge in [0, 0.05) is 15.4 Å². The lowest BCUT2D eigenvalue weighted by molar-refractivity contribution is 0.0529. The summed E-state index contributed by atoms with van der Waals surface area (Å²) in [5, 5.41) is 0.788. The van der Waals surface area contributed by atoms with Gasteiger partial charge in [0.25, 0.3) is 0 Å². The van der Waals surface area contributed by atoms with Crippen molar-refractivity contribution in [3.63, 3.8) is 0 Å². The van der Waals surface area contributed by atoms with Gasteiger partial charge >= 0.3 is 5.97 Å². The number of fused-ring (bicyclic) bond motifs is 1. The van der Waals surface area contributed by atoms with Crippen LogP contribution < -0.4 is 0 Å². The fourth-order valence-electron chi connectivity index (χ4n) is 2.42. The number of furan rings is 1. The van der Waals surface area contributed by atoms with Gasteiger partial charge in [0.2, 0.25) is 0 Å². The number of esters is 1. The summed E-state index contributed by atoms with van der Waals surface area (Å²) >= 11 is 3.41. The zero-order valence-corrected chi connectivity index (χ0v) is 13.9. The highest BCUT2D eigenvalue weighted by Gasteiger charge is 2.23. The van der Waals surface area contributed by atoms with Gasteiger partial charge < -0.3 is 9.15 Å². The molecule has 3 rings (SSSR count). The molecule has 0 unspecified atom stereocenters. The van der Waals surface area contributed by atoms with Crippen LogP contribution in [0, 0.1) is 6.92 Å². The second kappa shape index (κ2) is 5.97. The van der Waals surface area contributed by atoms with E-state index in [1.54, 1.807) is 6.92 Å². The van der Waals surface area contributed by atoms with E-state index in [2.05, 4.69) is 15.9 Å². The predicted molar refractivity (Wildman–Crippen MR) is 90.0 cm³/mol. The number of halogens is 1. The predicted octanol–water partition coefficient (Wildman–Crippen LogP) is 5.35. The average molecular weight is 359 g/mol. The Morgan fingerprint density at radius 3 is 2.59 bits per heavy atom. The van der Waals surface area contributed by atoms with E-state index in [4.69, 9.17) is 9.15 Å². The van der Waals surface area contributed by atoms with Crippen LogP contribution in [-0.4, -0.2) is 12.6 Å². The lowest BCUT2D eigenvalue weighted by Gasteiger charge is -2.04. The third-order valence-corrected chi connectivity index (χ3v) is 3.96. The first-order valence-corrected chi connectivity index (χ1v) is 7.85. The summed E-state index contributed by atoms with van der Waals surface area (Å²) in [7, 11) is 0. The maximum Gasteiger partial charge on any atom is 0.342 e. The fourth-order valence-corrected chi connectivity index (χ4v) is 2.69. The molecule has 0 bridgehead atoms. The quantitative estimate of drug-likeness (QED) is 0.592. The number of rotatable bonds is 3. The lowest BCUT2D eigenvalue weighted by atomic mass is 10.0. The minimum atomic E-state index is -0.357. The van der Waals surface area contributed by atoms with Gasteiger partial charge in [-0.05, 0) is 38.1 Å². The molecule has 4 heteroatoms. The Hall–Kier alpha value is -2.07. The van der Waals surface area contributed by atoms with E-state index < -0.39 is 0 Å². The van der Waals surface area contributed by atoms with Crippen molar-refractivity contribution in [2.45, 2.75) is 13.8 Å². The van der Waals surface area contributed by atoms with Crippen molar-refractivity contribution in [3.05, 3.63) is 58.1 Å². The molecule has 0 atom stereocenters. The number of benzene rings is 2. The van der Waals surface area contributed by atoms with E-state index in [0.717, 1.165) is 21.0 Å². The van der Waals surface area contributed by atoms with Crippen LogP contribution in [0.25, 0.3) is 22.3 Å². The molecular weight excluding hydrogens is 344 g/mol. The van der Waals surface area contributed by atoms with Gasteiger partial charge in [-0.1, -0.05) is 39.7 Å². The Bertz CT molecular complexity index is 831. The first-order chi connectivity index (χ1) is 10.6. The monoisotopic (exact) mass is 358 g/mol. The summed E-state index contributed by atoms with van der Waals surface area (Å²) in [5.74, 6) is 0.191. The van der Waals surface area contributed by atoms with Gasteiger partial charge in [0.05, 0.1) is 6.61 Å². The lowest BCUT2D eigenvalue weighted by Crippen LogP contribution is -2.05. The second-order valence-corrected chi connectivity index (χ2v) is 5.95. The summed E-state index contributed by atoms with van der Waals surface area (Å²) in [6.07, 6.45) is 0. The molecule has 3 nitrogen and oxygen atoms in total. The van der Waals surface area contributed by atoms with Crippen LogP contribution in [0.4, 0.5) is 0 Å². The Morgan fingerprint density at radius 1 is 1.18 bits per heavy atom. The Balaban J connectivity index is 2.26. The largest absolute Gasteiger partial charge is 0.462 e. The molecule has 0 aliphatic rings. The molecule has 3 aromatic rings. The molecule has 2 aromatic carbocycles. The highest BCUT2D eigenvalue weighted by atomic mass is 79.9. The van der Waals surface area contributed by atoms with Crippen LogP contribution >= 0.6 is 15.9 Å². The summed E-state index contributed by atoms with van der Waals surface area (Å²) < 4.78 is 12.1. The van der Waals surface area contributed by atoms with Crippen LogP contribution in [0.3, 0.4) is 0 Å². The smallest absolute Gasteiger partial charge is 0.342 e. The maximum atomic E-state index is 12.4. The van der Waals surface area contributed by atoms with Crippen molar-refractivity contribution in [3.8, 4) is 11.3 Å². The first-order valence-electron chi connectivity index (χ1n) is 7.06. The number of ether oxygens (including phenoxy) is 1. The van der Waals surface area contributed by atoms with Crippen LogP contribution in [0.5, 0.6) is 0 Å². The van der Waals surface area contributed by atoms with E-state index in [9.17, 15) is 4.79 Å². The molecule has 1 heterocycles. The average Bonchev–Trinajstić information content (AvgIpc) is 2.86.